The highest BCUT2D eigenvalue weighted by molar-refractivity contribution is 5.84. The second-order valence-electron chi connectivity index (χ2n) is 8.23. The molecule has 0 aliphatic carbocycles. The minimum absolute atomic E-state index is 0.327. The van der Waals surface area contributed by atoms with E-state index in [1.165, 1.54) is 5.56 Å². The van der Waals surface area contributed by atoms with E-state index in [2.05, 4.69) is 53.8 Å². The fourth-order valence-corrected chi connectivity index (χ4v) is 3.38. The van der Waals surface area contributed by atoms with Crippen LogP contribution in [0.5, 0.6) is 11.5 Å². The molecule has 35 heavy (non-hydrogen) atoms. The lowest BCUT2D eigenvalue weighted by Gasteiger charge is -2.13. The van der Waals surface area contributed by atoms with Crippen molar-refractivity contribution in [2.45, 2.75) is 26.6 Å². The van der Waals surface area contributed by atoms with Gasteiger partial charge in [0, 0.05) is 0 Å². The van der Waals surface area contributed by atoms with Gasteiger partial charge in [-0.2, -0.15) is 5.10 Å². The molecule has 5 heteroatoms. The summed E-state index contributed by atoms with van der Waals surface area (Å²) in [4.78, 5) is 12.4. The topological polar surface area (TPSA) is 59.9 Å². The van der Waals surface area contributed by atoms with Gasteiger partial charge in [-0.05, 0) is 72.5 Å². The number of rotatable bonds is 9. The number of ether oxygens (including phenoxy) is 2. The first kappa shape index (κ1) is 23.8. The standard InChI is InChI=1S/C30H28N2O3/c1-22-8-10-25(11-9-22)21-34-28-16-12-24(13-17-28)20-31-32-30(33)23(2)35-29-18-14-27(15-19-29)26-6-4-3-5-7-26/h3-20,23H,21H2,1-2H3,(H,32,33)/b31-20-/t23-/m0/s1. The van der Waals surface area contributed by atoms with E-state index in [1.807, 2.05) is 66.7 Å². The molecule has 0 aliphatic rings. The third-order valence-electron chi connectivity index (χ3n) is 5.44. The van der Waals surface area contributed by atoms with Crippen molar-refractivity contribution in [1.82, 2.24) is 5.43 Å². The van der Waals surface area contributed by atoms with Crippen LogP contribution in [0.2, 0.25) is 0 Å². The zero-order chi connectivity index (χ0) is 24.5. The maximum atomic E-state index is 12.4. The Morgan fingerprint density at radius 3 is 2.14 bits per heavy atom. The first-order valence-corrected chi connectivity index (χ1v) is 11.5. The minimum atomic E-state index is -0.688. The van der Waals surface area contributed by atoms with Crippen LogP contribution in [0.25, 0.3) is 11.1 Å². The molecule has 0 saturated carbocycles. The van der Waals surface area contributed by atoms with Gasteiger partial charge in [-0.1, -0.05) is 72.3 Å². The van der Waals surface area contributed by atoms with Crippen LogP contribution in [-0.4, -0.2) is 18.2 Å². The molecule has 5 nitrogen and oxygen atoms in total. The lowest BCUT2D eigenvalue weighted by Crippen LogP contribution is -2.33. The summed E-state index contributed by atoms with van der Waals surface area (Å²) >= 11 is 0. The highest BCUT2D eigenvalue weighted by atomic mass is 16.5. The van der Waals surface area contributed by atoms with Crippen molar-refractivity contribution in [3.63, 3.8) is 0 Å². The van der Waals surface area contributed by atoms with Crippen molar-refractivity contribution in [1.29, 1.82) is 0 Å². The summed E-state index contributed by atoms with van der Waals surface area (Å²) in [6.07, 6.45) is 0.899. The molecule has 0 heterocycles. The SMILES string of the molecule is Cc1ccc(COc2ccc(/C=N\NC(=O)[C@H](C)Oc3ccc(-c4ccccc4)cc3)cc2)cc1. The Balaban J connectivity index is 1.23. The highest BCUT2D eigenvalue weighted by Gasteiger charge is 2.14. The van der Waals surface area contributed by atoms with Crippen LogP contribution in [0.4, 0.5) is 0 Å². The number of aryl methyl sites for hydroxylation is 1. The maximum absolute atomic E-state index is 12.4. The van der Waals surface area contributed by atoms with E-state index < -0.39 is 6.10 Å². The number of benzene rings is 4. The van der Waals surface area contributed by atoms with Crippen LogP contribution in [0.3, 0.4) is 0 Å². The Kier molecular flexibility index (Phi) is 7.92. The van der Waals surface area contributed by atoms with E-state index in [9.17, 15) is 4.79 Å². The average molecular weight is 465 g/mol. The van der Waals surface area contributed by atoms with Gasteiger partial charge in [-0.3, -0.25) is 4.79 Å². The molecule has 176 valence electrons. The summed E-state index contributed by atoms with van der Waals surface area (Å²) in [5.41, 5.74) is 7.94. The number of carbonyl (C=O) groups excluding carboxylic acids is 1. The number of hydrogen-bond acceptors (Lipinski definition) is 4. The predicted molar refractivity (Wildman–Crippen MR) is 140 cm³/mol. The van der Waals surface area contributed by atoms with Crippen molar-refractivity contribution in [3.05, 3.63) is 120 Å². The molecule has 1 N–H and O–H groups in total. The lowest BCUT2D eigenvalue weighted by atomic mass is 10.1. The molecular formula is C30H28N2O3. The monoisotopic (exact) mass is 464 g/mol. The summed E-state index contributed by atoms with van der Waals surface area (Å²) in [5.74, 6) is 1.07. The number of hydrogen-bond donors (Lipinski definition) is 1. The molecule has 0 aliphatic heterocycles. The van der Waals surface area contributed by atoms with Gasteiger partial charge in [-0.25, -0.2) is 5.43 Å². The van der Waals surface area contributed by atoms with Crippen LogP contribution >= 0.6 is 0 Å². The molecule has 0 bridgehead atoms. The van der Waals surface area contributed by atoms with Gasteiger partial charge < -0.3 is 9.47 Å². The van der Waals surface area contributed by atoms with Gasteiger partial charge in [0.2, 0.25) is 0 Å². The summed E-state index contributed by atoms with van der Waals surface area (Å²) in [7, 11) is 0. The van der Waals surface area contributed by atoms with Gasteiger partial charge in [0.25, 0.3) is 5.91 Å². The largest absolute Gasteiger partial charge is 0.489 e. The van der Waals surface area contributed by atoms with Crippen molar-refractivity contribution in [2.75, 3.05) is 0 Å². The number of carbonyl (C=O) groups is 1. The minimum Gasteiger partial charge on any atom is -0.489 e. The molecule has 1 atom stereocenters. The van der Waals surface area contributed by atoms with Crippen molar-refractivity contribution in [3.8, 4) is 22.6 Å². The van der Waals surface area contributed by atoms with Gasteiger partial charge >= 0.3 is 0 Å². The van der Waals surface area contributed by atoms with E-state index in [0.29, 0.717) is 12.4 Å². The second kappa shape index (κ2) is 11.7. The molecule has 4 aromatic rings. The van der Waals surface area contributed by atoms with Crippen LogP contribution in [0.15, 0.2) is 108 Å². The molecule has 0 unspecified atom stereocenters. The average Bonchev–Trinajstić information content (AvgIpc) is 2.90. The van der Waals surface area contributed by atoms with E-state index in [1.54, 1.807) is 13.1 Å². The Bertz CT molecular complexity index is 1250. The Labute approximate surface area is 206 Å². The number of nitrogens with one attached hydrogen (secondary N) is 1. The highest BCUT2D eigenvalue weighted by Crippen LogP contribution is 2.22. The normalized spacial score (nSPS) is 11.7. The third-order valence-corrected chi connectivity index (χ3v) is 5.44. The molecule has 1 amide bonds. The Morgan fingerprint density at radius 1 is 0.829 bits per heavy atom. The Morgan fingerprint density at radius 2 is 1.46 bits per heavy atom. The first-order chi connectivity index (χ1) is 17.1. The van der Waals surface area contributed by atoms with Crippen LogP contribution < -0.4 is 14.9 Å². The predicted octanol–water partition coefficient (Wildman–Crippen LogP) is 6.16. The van der Waals surface area contributed by atoms with Crippen LogP contribution in [0, 0.1) is 6.92 Å². The molecule has 4 aromatic carbocycles. The first-order valence-electron chi connectivity index (χ1n) is 11.5. The fourth-order valence-electron chi connectivity index (χ4n) is 3.38. The Hall–Kier alpha value is -4.38. The molecular weight excluding hydrogens is 436 g/mol. The summed E-state index contributed by atoms with van der Waals surface area (Å²) in [5, 5.41) is 4.04. The van der Waals surface area contributed by atoms with E-state index in [0.717, 1.165) is 28.0 Å². The van der Waals surface area contributed by atoms with E-state index in [4.69, 9.17) is 9.47 Å². The molecule has 0 fully saturated rings. The zero-order valence-corrected chi connectivity index (χ0v) is 19.8. The van der Waals surface area contributed by atoms with Crippen molar-refractivity contribution < 1.29 is 14.3 Å². The fraction of sp³-hybridized carbons (Fsp3) is 0.133. The molecule has 0 spiro atoms. The summed E-state index contributed by atoms with van der Waals surface area (Å²) in [6.45, 7) is 4.26. The quantitative estimate of drug-likeness (QED) is 0.238. The molecule has 0 saturated heterocycles. The van der Waals surface area contributed by atoms with Crippen LogP contribution in [-0.2, 0) is 11.4 Å². The van der Waals surface area contributed by atoms with Gasteiger partial charge in [-0.15, -0.1) is 0 Å². The maximum Gasteiger partial charge on any atom is 0.280 e. The number of amides is 1. The smallest absolute Gasteiger partial charge is 0.280 e. The summed E-state index contributed by atoms with van der Waals surface area (Å²) in [6, 6.07) is 33.5. The molecule has 4 rings (SSSR count). The molecule has 0 radical (unpaired) electrons. The summed E-state index contributed by atoms with van der Waals surface area (Å²) < 4.78 is 11.6. The lowest BCUT2D eigenvalue weighted by molar-refractivity contribution is -0.127. The van der Waals surface area contributed by atoms with Gasteiger partial charge in [0.15, 0.2) is 6.10 Å². The van der Waals surface area contributed by atoms with Gasteiger partial charge in [0.1, 0.15) is 18.1 Å². The van der Waals surface area contributed by atoms with Crippen LogP contribution in [0.1, 0.15) is 23.6 Å². The third kappa shape index (κ3) is 7.05. The van der Waals surface area contributed by atoms with Crippen molar-refractivity contribution in [2.24, 2.45) is 5.10 Å². The zero-order valence-electron chi connectivity index (χ0n) is 19.8. The molecule has 0 aromatic heterocycles. The second-order valence-corrected chi connectivity index (χ2v) is 8.23. The number of nitrogens with zero attached hydrogens (tertiary/aromatic N) is 1. The van der Waals surface area contributed by atoms with E-state index in [-0.39, 0.29) is 5.91 Å². The van der Waals surface area contributed by atoms with Gasteiger partial charge in [0.05, 0.1) is 6.21 Å². The number of hydrazone groups is 1. The van der Waals surface area contributed by atoms with Crippen molar-refractivity contribution >= 4 is 12.1 Å². The van der Waals surface area contributed by atoms with E-state index >= 15 is 0 Å².